The van der Waals surface area contributed by atoms with Crippen LogP contribution in [0.15, 0.2) is 28.7 Å². The molecule has 3 unspecified atom stereocenters. The van der Waals surface area contributed by atoms with Gasteiger partial charge in [-0.3, -0.25) is 4.79 Å². The van der Waals surface area contributed by atoms with Crippen LogP contribution in [0.2, 0.25) is 0 Å². The quantitative estimate of drug-likeness (QED) is 0.652. The summed E-state index contributed by atoms with van der Waals surface area (Å²) in [5.41, 5.74) is 1.30. The SMILES string of the molecule is O=C(OCC1CCCO1)c1cc2cc(NC(=O)C3NCCC3C3CCCCC3)ccc2o1. The zero-order valence-corrected chi connectivity index (χ0v) is 18.4. The minimum Gasteiger partial charge on any atom is -0.457 e. The Morgan fingerprint density at radius 3 is 2.75 bits per heavy atom. The summed E-state index contributed by atoms with van der Waals surface area (Å²) in [5, 5.41) is 7.24. The molecule has 0 radical (unpaired) electrons. The summed E-state index contributed by atoms with van der Waals surface area (Å²) in [4.78, 5) is 25.4. The standard InChI is InChI=1S/C25H32N2O5/c28-24(23-20(10-11-26-23)16-5-2-1-3-6-16)27-18-8-9-21-17(13-18)14-22(32-21)25(29)31-15-19-7-4-12-30-19/h8-9,13-14,16,19-20,23,26H,1-7,10-12,15H2,(H,27,28). The van der Waals surface area contributed by atoms with E-state index in [1.165, 1.54) is 32.1 Å². The number of rotatable bonds is 6. The summed E-state index contributed by atoms with van der Waals surface area (Å²) in [6.07, 6.45) is 9.32. The number of amides is 1. The number of nitrogens with one attached hydrogen (secondary N) is 2. The van der Waals surface area contributed by atoms with Crippen LogP contribution in [-0.2, 0) is 14.3 Å². The summed E-state index contributed by atoms with van der Waals surface area (Å²) < 4.78 is 16.5. The van der Waals surface area contributed by atoms with E-state index >= 15 is 0 Å². The fourth-order valence-electron chi connectivity index (χ4n) is 5.54. The van der Waals surface area contributed by atoms with Crippen LogP contribution in [0.3, 0.4) is 0 Å². The number of ether oxygens (including phenoxy) is 2. The normalized spacial score (nSPS) is 26.4. The molecular formula is C25H32N2O5. The number of carbonyl (C=O) groups excluding carboxylic acids is 2. The molecule has 3 heterocycles. The second-order valence-electron chi connectivity index (χ2n) is 9.37. The van der Waals surface area contributed by atoms with Crippen LogP contribution in [0, 0.1) is 11.8 Å². The van der Waals surface area contributed by atoms with Gasteiger partial charge >= 0.3 is 5.97 Å². The van der Waals surface area contributed by atoms with Crippen molar-refractivity contribution in [2.24, 2.45) is 11.8 Å². The van der Waals surface area contributed by atoms with Crippen LogP contribution in [0.25, 0.3) is 11.0 Å². The van der Waals surface area contributed by atoms with E-state index in [9.17, 15) is 9.59 Å². The maximum atomic E-state index is 13.0. The van der Waals surface area contributed by atoms with Crippen molar-refractivity contribution in [3.63, 3.8) is 0 Å². The molecule has 1 aromatic carbocycles. The van der Waals surface area contributed by atoms with E-state index in [2.05, 4.69) is 10.6 Å². The van der Waals surface area contributed by atoms with E-state index in [4.69, 9.17) is 13.9 Å². The average molecular weight is 441 g/mol. The molecule has 1 amide bonds. The van der Waals surface area contributed by atoms with E-state index in [1.54, 1.807) is 12.1 Å². The Hall–Kier alpha value is -2.38. The van der Waals surface area contributed by atoms with Crippen molar-refractivity contribution in [3.05, 3.63) is 30.0 Å². The van der Waals surface area contributed by atoms with Crippen molar-refractivity contribution in [3.8, 4) is 0 Å². The predicted molar refractivity (Wildman–Crippen MR) is 121 cm³/mol. The molecule has 2 N–H and O–H groups in total. The zero-order valence-electron chi connectivity index (χ0n) is 18.4. The van der Waals surface area contributed by atoms with Crippen LogP contribution in [0.1, 0.15) is 61.9 Å². The molecule has 1 aromatic heterocycles. The monoisotopic (exact) mass is 440 g/mol. The summed E-state index contributed by atoms with van der Waals surface area (Å²) in [5.74, 6) is 0.758. The third-order valence-electron chi connectivity index (χ3n) is 7.22. The van der Waals surface area contributed by atoms with E-state index < -0.39 is 5.97 Å². The molecule has 7 heteroatoms. The summed E-state index contributed by atoms with van der Waals surface area (Å²) in [6, 6.07) is 6.97. The first-order chi connectivity index (χ1) is 15.7. The van der Waals surface area contributed by atoms with Gasteiger partial charge in [0.15, 0.2) is 0 Å². The van der Waals surface area contributed by atoms with Gasteiger partial charge in [0.1, 0.15) is 12.2 Å². The Labute approximate surface area is 188 Å². The highest BCUT2D eigenvalue weighted by Crippen LogP contribution is 2.36. The lowest BCUT2D eigenvalue weighted by Crippen LogP contribution is -2.42. The van der Waals surface area contributed by atoms with Crippen LogP contribution in [-0.4, -0.2) is 43.8 Å². The Bertz CT molecular complexity index is 958. The van der Waals surface area contributed by atoms with Crippen LogP contribution in [0.5, 0.6) is 0 Å². The van der Waals surface area contributed by atoms with Crippen molar-refractivity contribution in [2.75, 3.05) is 25.1 Å². The smallest absolute Gasteiger partial charge is 0.374 e. The van der Waals surface area contributed by atoms with Gasteiger partial charge in [0.05, 0.1) is 12.1 Å². The molecule has 0 bridgehead atoms. The molecule has 2 aromatic rings. The molecule has 3 atom stereocenters. The number of esters is 1. The molecule has 0 spiro atoms. The molecule has 172 valence electrons. The molecule has 1 aliphatic carbocycles. The Morgan fingerprint density at radius 2 is 1.94 bits per heavy atom. The fraction of sp³-hybridized carbons (Fsp3) is 0.600. The number of benzene rings is 1. The second kappa shape index (κ2) is 9.63. The minimum atomic E-state index is -0.493. The summed E-state index contributed by atoms with van der Waals surface area (Å²) >= 11 is 0. The van der Waals surface area contributed by atoms with Crippen molar-refractivity contribution in [1.82, 2.24) is 5.32 Å². The molecular weight excluding hydrogens is 408 g/mol. The highest BCUT2D eigenvalue weighted by atomic mass is 16.6. The number of fused-ring (bicyclic) bond motifs is 1. The number of carbonyl (C=O) groups is 2. The maximum Gasteiger partial charge on any atom is 0.374 e. The van der Waals surface area contributed by atoms with Gasteiger partial charge < -0.3 is 24.5 Å². The number of hydrogen-bond donors (Lipinski definition) is 2. The molecule has 32 heavy (non-hydrogen) atoms. The van der Waals surface area contributed by atoms with Crippen molar-refractivity contribution in [1.29, 1.82) is 0 Å². The van der Waals surface area contributed by atoms with Crippen molar-refractivity contribution in [2.45, 2.75) is 63.5 Å². The van der Waals surface area contributed by atoms with E-state index in [-0.39, 0.29) is 30.4 Å². The van der Waals surface area contributed by atoms with Gasteiger partial charge in [-0.15, -0.1) is 0 Å². The summed E-state index contributed by atoms with van der Waals surface area (Å²) in [7, 11) is 0. The Balaban J connectivity index is 1.22. The predicted octanol–water partition coefficient (Wildman–Crippen LogP) is 4.27. The Morgan fingerprint density at radius 1 is 1.06 bits per heavy atom. The number of anilines is 1. The Kier molecular flexibility index (Phi) is 6.46. The molecule has 5 rings (SSSR count). The van der Waals surface area contributed by atoms with Gasteiger partial charge in [-0.1, -0.05) is 32.1 Å². The minimum absolute atomic E-state index is 0.0215. The van der Waals surface area contributed by atoms with Crippen LogP contribution < -0.4 is 10.6 Å². The van der Waals surface area contributed by atoms with Crippen LogP contribution >= 0.6 is 0 Å². The van der Waals surface area contributed by atoms with E-state index in [0.29, 0.717) is 23.1 Å². The highest BCUT2D eigenvalue weighted by molar-refractivity contribution is 5.98. The van der Waals surface area contributed by atoms with E-state index in [0.717, 1.165) is 37.8 Å². The molecule has 3 aliphatic rings. The van der Waals surface area contributed by atoms with Gasteiger partial charge in [-0.05, 0) is 61.9 Å². The van der Waals surface area contributed by atoms with Crippen molar-refractivity contribution < 1.29 is 23.5 Å². The summed E-state index contributed by atoms with van der Waals surface area (Å²) in [6.45, 7) is 1.87. The largest absolute Gasteiger partial charge is 0.457 e. The first-order valence-electron chi connectivity index (χ1n) is 12.0. The average Bonchev–Trinajstić information content (AvgIpc) is 3.58. The fourth-order valence-corrected chi connectivity index (χ4v) is 5.54. The second-order valence-corrected chi connectivity index (χ2v) is 9.37. The van der Waals surface area contributed by atoms with Gasteiger partial charge in [0.2, 0.25) is 11.7 Å². The van der Waals surface area contributed by atoms with Crippen molar-refractivity contribution >= 4 is 28.5 Å². The zero-order chi connectivity index (χ0) is 21.9. The number of hydrogen-bond acceptors (Lipinski definition) is 6. The molecule has 2 aliphatic heterocycles. The lowest BCUT2D eigenvalue weighted by molar-refractivity contribution is -0.119. The topological polar surface area (TPSA) is 89.8 Å². The lowest BCUT2D eigenvalue weighted by atomic mass is 9.76. The maximum absolute atomic E-state index is 13.0. The highest BCUT2D eigenvalue weighted by Gasteiger charge is 2.38. The van der Waals surface area contributed by atoms with E-state index in [1.807, 2.05) is 12.1 Å². The first-order valence-corrected chi connectivity index (χ1v) is 12.0. The van der Waals surface area contributed by atoms with Crippen LogP contribution in [0.4, 0.5) is 5.69 Å². The molecule has 2 saturated heterocycles. The van der Waals surface area contributed by atoms with Gasteiger partial charge in [0.25, 0.3) is 0 Å². The molecule has 1 saturated carbocycles. The third kappa shape index (κ3) is 4.69. The van der Waals surface area contributed by atoms with Gasteiger partial charge in [-0.25, -0.2) is 4.79 Å². The van der Waals surface area contributed by atoms with Gasteiger partial charge in [0, 0.05) is 17.7 Å². The molecule has 3 fully saturated rings. The third-order valence-corrected chi connectivity index (χ3v) is 7.22. The van der Waals surface area contributed by atoms with Gasteiger partial charge in [-0.2, -0.15) is 0 Å². The number of furan rings is 1. The molecule has 7 nitrogen and oxygen atoms in total. The lowest BCUT2D eigenvalue weighted by Gasteiger charge is -2.30. The first kappa shape index (κ1) is 21.5.